The van der Waals surface area contributed by atoms with Crippen molar-refractivity contribution in [2.75, 3.05) is 13.1 Å². The second kappa shape index (κ2) is 2.86. The van der Waals surface area contributed by atoms with Crippen molar-refractivity contribution in [1.29, 1.82) is 5.26 Å². The molecule has 0 aliphatic carbocycles. The van der Waals surface area contributed by atoms with Crippen LogP contribution in [0.25, 0.3) is 0 Å². The Bertz CT molecular complexity index is 153. The zero-order valence-corrected chi connectivity index (χ0v) is 7.16. The summed E-state index contributed by atoms with van der Waals surface area (Å²) in [5, 5.41) is 8.57. The van der Waals surface area contributed by atoms with Crippen LogP contribution in [-0.4, -0.2) is 23.1 Å². The van der Waals surface area contributed by atoms with Crippen LogP contribution in [0.4, 0.5) is 0 Å². The van der Waals surface area contributed by atoms with Gasteiger partial charge in [-0.05, 0) is 25.9 Å². The van der Waals surface area contributed by atoms with E-state index in [1.54, 1.807) is 0 Å². The lowest BCUT2D eigenvalue weighted by atomic mass is 9.98. The summed E-state index contributed by atoms with van der Waals surface area (Å²) in [5.74, 6) is 0. The van der Waals surface area contributed by atoms with Gasteiger partial charge >= 0.3 is 0 Å². The van der Waals surface area contributed by atoms with E-state index in [1.165, 1.54) is 0 Å². The number of nitriles is 1. The summed E-state index contributed by atoms with van der Waals surface area (Å²) < 4.78 is 0. The molecule has 0 aromatic heterocycles. The van der Waals surface area contributed by atoms with E-state index in [-0.39, 0.29) is 5.16 Å². The molecule has 1 saturated heterocycles. The molecule has 56 valence electrons. The van der Waals surface area contributed by atoms with Gasteiger partial charge in [-0.25, -0.2) is 0 Å². The maximum atomic E-state index is 8.73. The highest BCUT2D eigenvalue weighted by molar-refractivity contribution is 7.19. The molecule has 1 unspecified atom stereocenters. The highest BCUT2D eigenvalue weighted by Crippen LogP contribution is 2.29. The first-order valence-corrected chi connectivity index (χ1v) is 4.00. The third-order valence-electron chi connectivity index (χ3n) is 1.97. The van der Waals surface area contributed by atoms with Crippen LogP contribution in [0.15, 0.2) is 0 Å². The van der Waals surface area contributed by atoms with E-state index in [1.807, 2.05) is 4.90 Å². The average molecular weight is 155 g/mol. The van der Waals surface area contributed by atoms with Crippen molar-refractivity contribution in [3.63, 3.8) is 0 Å². The van der Waals surface area contributed by atoms with Gasteiger partial charge in [0.25, 0.3) is 0 Å². The maximum absolute atomic E-state index is 8.73. The Kier molecular flexibility index (Phi) is 2.28. The minimum Gasteiger partial charge on any atom is -0.459 e. The Morgan fingerprint density at radius 1 is 1.50 bits per heavy atom. The summed E-state index contributed by atoms with van der Waals surface area (Å²) in [6.07, 6.45) is 1.86. The van der Waals surface area contributed by atoms with Gasteiger partial charge in [0.1, 0.15) is 0 Å². The molecule has 2 nitrogen and oxygen atoms in total. The van der Waals surface area contributed by atoms with Gasteiger partial charge in [-0.1, -0.05) is 0 Å². The van der Waals surface area contributed by atoms with Gasteiger partial charge < -0.3 is 4.90 Å². The van der Waals surface area contributed by atoms with E-state index < -0.39 is 0 Å². The van der Waals surface area contributed by atoms with E-state index in [0.29, 0.717) is 0 Å². The van der Waals surface area contributed by atoms with Gasteiger partial charge in [-0.3, -0.25) is 7.05 Å². The zero-order chi connectivity index (χ0) is 7.61. The number of likely N-dealkylation sites (tertiary alicyclic amines) is 1. The number of nitrogens with zero attached hydrogens (tertiary/aromatic N) is 2. The summed E-state index contributed by atoms with van der Waals surface area (Å²) in [5.41, 5.74) is 0. The van der Waals surface area contributed by atoms with Crippen LogP contribution in [0.2, 0.25) is 0 Å². The van der Waals surface area contributed by atoms with Crippen LogP contribution in [0, 0.1) is 18.4 Å². The molecule has 0 radical (unpaired) electrons. The monoisotopic (exact) mass is 155 g/mol. The van der Waals surface area contributed by atoms with Crippen LogP contribution in [0.5, 0.6) is 0 Å². The highest BCUT2D eigenvalue weighted by Gasteiger charge is 2.26. The Morgan fingerprint density at radius 3 is 2.40 bits per heavy atom. The first kappa shape index (κ1) is 7.98. The third kappa shape index (κ3) is 1.68. The van der Waals surface area contributed by atoms with Crippen LogP contribution in [0.3, 0.4) is 0 Å². The molecule has 0 bridgehead atoms. The number of rotatable bonds is 0. The topological polar surface area (TPSA) is 27.0 Å². The molecule has 1 fully saturated rings. The van der Waals surface area contributed by atoms with Gasteiger partial charge in [0.15, 0.2) is 0 Å². The fraction of sp³-hybridized carbons (Fsp3) is 0.714. The minimum absolute atomic E-state index is 0.159. The van der Waals surface area contributed by atoms with Crippen molar-refractivity contribution >= 4 is 9.24 Å². The molecule has 1 atom stereocenters. The second-order valence-electron chi connectivity index (χ2n) is 2.89. The molecular formula is C7H12N2P-. The Balaban J connectivity index is 2.48. The Hall–Kier alpha value is -0.120. The largest absolute Gasteiger partial charge is 0.459 e. The summed E-state index contributed by atoms with van der Waals surface area (Å²) >= 11 is 0. The van der Waals surface area contributed by atoms with E-state index in [9.17, 15) is 0 Å². The minimum atomic E-state index is -0.159. The van der Waals surface area contributed by atoms with Crippen LogP contribution >= 0.6 is 9.24 Å². The average Bonchev–Trinajstić information content (AvgIpc) is 1.96. The first-order chi connectivity index (χ1) is 4.66. The number of hydrogen-bond acceptors (Lipinski definition) is 2. The van der Waals surface area contributed by atoms with Crippen molar-refractivity contribution in [3.05, 3.63) is 7.05 Å². The molecular weight excluding hydrogens is 143 g/mol. The van der Waals surface area contributed by atoms with Crippen molar-refractivity contribution in [2.24, 2.45) is 0 Å². The predicted molar refractivity (Wildman–Crippen MR) is 44.2 cm³/mol. The van der Waals surface area contributed by atoms with Crippen molar-refractivity contribution in [3.8, 4) is 6.07 Å². The maximum Gasteiger partial charge on any atom is 0.0734 e. The highest BCUT2D eigenvalue weighted by atomic mass is 31.0. The van der Waals surface area contributed by atoms with Gasteiger partial charge in [-0.2, -0.15) is 5.26 Å². The quantitative estimate of drug-likeness (QED) is 0.385. The van der Waals surface area contributed by atoms with Crippen LogP contribution in [0.1, 0.15) is 12.8 Å². The standard InChI is InChI=1S/C7H12N2P/c1-9-4-2-7(10,6-8)3-5-9/h1-5,10H2/q-1. The van der Waals surface area contributed by atoms with Crippen molar-refractivity contribution in [1.82, 2.24) is 4.90 Å². The number of piperidine rings is 1. The lowest BCUT2D eigenvalue weighted by Crippen LogP contribution is -2.36. The molecule has 10 heavy (non-hydrogen) atoms. The lowest BCUT2D eigenvalue weighted by Gasteiger charge is -2.37. The van der Waals surface area contributed by atoms with Gasteiger partial charge in [0, 0.05) is 0 Å². The summed E-state index contributed by atoms with van der Waals surface area (Å²) in [4.78, 5) is 2.01. The van der Waals surface area contributed by atoms with E-state index in [4.69, 9.17) is 5.26 Å². The van der Waals surface area contributed by atoms with Gasteiger partial charge in [0.05, 0.1) is 11.2 Å². The molecule has 0 amide bonds. The molecule has 1 aliphatic heterocycles. The van der Waals surface area contributed by atoms with E-state index in [0.717, 1.165) is 25.9 Å². The third-order valence-corrected chi connectivity index (χ3v) is 2.68. The Labute approximate surface area is 64.4 Å². The van der Waals surface area contributed by atoms with Gasteiger partial charge in [0.2, 0.25) is 0 Å². The molecule has 1 heterocycles. The summed E-state index contributed by atoms with van der Waals surface area (Å²) in [6, 6.07) is 2.31. The first-order valence-electron chi connectivity index (χ1n) is 3.42. The molecule has 1 rings (SSSR count). The predicted octanol–water partition coefficient (Wildman–Crippen LogP) is 1.01. The number of hydrogen-bond donors (Lipinski definition) is 0. The molecule has 1 aliphatic rings. The zero-order valence-electron chi connectivity index (χ0n) is 6.01. The summed E-state index contributed by atoms with van der Waals surface area (Å²) in [7, 11) is 6.45. The fourth-order valence-electron chi connectivity index (χ4n) is 1.06. The molecule has 0 N–H and O–H groups in total. The van der Waals surface area contributed by atoms with Crippen molar-refractivity contribution < 1.29 is 0 Å². The van der Waals surface area contributed by atoms with Crippen LogP contribution < -0.4 is 0 Å². The smallest absolute Gasteiger partial charge is 0.0734 e. The molecule has 0 aromatic rings. The lowest BCUT2D eigenvalue weighted by molar-refractivity contribution is 0.287. The Morgan fingerprint density at radius 2 is 2.00 bits per heavy atom. The molecule has 0 aromatic carbocycles. The normalized spacial score (nSPS) is 25.7. The fourth-order valence-corrected chi connectivity index (χ4v) is 1.32. The van der Waals surface area contributed by atoms with Crippen molar-refractivity contribution in [2.45, 2.75) is 18.0 Å². The SMILES string of the molecule is [CH2-]N1CCC(P)(C#N)CC1. The van der Waals surface area contributed by atoms with Gasteiger partial charge in [-0.15, -0.1) is 9.24 Å². The van der Waals surface area contributed by atoms with E-state index >= 15 is 0 Å². The van der Waals surface area contributed by atoms with E-state index in [2.05, 4.69) is 22.4 Å². The summed E-state index contributed by atoms with van der Waals surface area (Å²) in [6.45, 7) is 1.88. The molecule has 0 spiro atoms. The molecule has 3 heteroatoms. The second-order valence-corrected chi connectivity index (χ2v) is 3.99. The molecule has 0 saturated carbocycles. The van der Waals surface area contributed by atoms with Crippen LogP contribution in [-0.2, 0) is 0 Å².